The summed E-state index contributed by atoms with van der Waals surface area (Å²) in [6, 6.07) is 0. The molecular formula is C13H24ClN3O. The second-order valence-electron chi connectivity index (χ2n) is 4.45. The van der Waals surface area contributed by atoms with Gasteiger partial charge in [0, 0.05) is 19.6 Å². The molecule has 0 aliphatic carbocycles. The van der Waals surface area contributed by atoms with Gasteiger partial charge in [-0.25, -0.2) is 0 Å². The molecule has 2 N–H and O–H groups in total. The van der Waals surface area contributed by atoms with Gasteiger partial charge in [0.15, 0.2) is 0 Å². The first kappa shape index (κ1) is 15.5. The minimum absolute atomic E-state index is 0.280. The molecule has 0 aliphatic heterocycles. The molecule has 1 unspecified atom stereocenters. The van der Waals surface area contributed by atoms with Gasteiger partial charge in [-0.15, -0.1) is 0 Å². The summed E-state index contributed by atoms with van der Waals surface area (Å²) in [5.41, 5.74) is 1.96. The van der Waals surface area contributed by atoms with E-state index in [9.17, 15) is 5.11 Å². The van der Waals surface area contributed by atoms with Crippen LogP contribution in [0.4, 0.5) is 0 Å². The molecule has 0 saturated heterocycles. The highest BCUT2D eigenvalue weighted by Crippen LogP contribution is 2.21. The lowest BCUT2D eigenvalue weighted by atomic mass is 10.2. The molecule has 0 amide bonds. The normalized spacial score (nSPS) is 12.9. The molecule has 0 saturated carbocycles. The molecule has 4 nitrogen and oxygen atoms in total. The maximum absolute atomic E-state index is 9.66. The third-order valence-corrected chi connectivity index (χ3v) is 3.42. The predicted octanol–water partition coefficient (Wildman–Crippen LogP) is 2.37. The Kier molecular flexibility index (Phi) is 6.68. The zero-order valence-electron chi connectivity index (χ0n) is 11.5. The Balaban J connectivity index is 2.58. The highest BCUT2D eigenvalue weighted by molar-refractivity contribution is 6.31. The van der Waals surface area contributed by atoms with Crippen LogP contribution >= 0.6 is 11.6 Å². The van der Waals surface area contributed by atoms with Crippen LogP contribution in [0, 0.1) is 0 Å². The second kappa shape index (κ2) is 7.77. The van der Waals surface area contributed by atoms with Gasteiger partial charge in [-0.05, 0) is 19.8 Å². The average molecular weight is 274 g/mol. The maximum atomic E-state index is 9.66. The van der Waals surface area contributed by atoms with E-state index in [4.69, 9.17) is 11.6 Å². The van der Waals surface area contributed by atoms with Gasteiger partial charge < -0.3 is 10.4 Å². The molecule has 0 fully saturated rings. The molecule has 0 aromatic carbocycles. The highest BCUT2D eigenvalue weighted by atomic mass is 35.5. The van der Waals surface area contributed by atoms with Crippen molar-refractivity contribution in [3.8, 4) is 0 Å². The summed E-state index contributed by atoms with van der Waals surface area (Å²) in [7, 11) is 0. The second-order valence-corrected chi connectivity index (χ2v) is 4.83. The van der Waals surface area contributed by atoms with Crippen molar-refractivity contribution in [3.05, 3.63) is 16.4 Å². The average Bonchev–Trinajstić information content (AvgIpc) is 2.66. The lowest BCUT2D eigenvalue weighted by Crippen LogP contribution is -2.27. The van der Waals surface area contributed by atoms with Crippen molar-refractivity contribution >= 4 is 11.6 Å². The summed E-state index contributed by atoms with van der Waals surface area (Å²) < 4.78 is 1.93. The molecule has 1 rings (SSSR count). The van der Waals surface area contributed by atoms with Crippen molar-refractivity contribution in [1.29, 1.82) is 0 Å². The fourth-order valence-electron chi connectivity index (χ4n) is 1.98. The molecular weight excluding hydrogens is 250 g/mol. The zero-order chi connectivity index (χ0) is 13.5. The van der Waals surface area contributed by atoms with Crippen LogP contribution in [0.25, 0.3) is 0 Å². The molecule has 1 atom stereocenters. The number of halogens is 1. The first-order valence-electron chi connectivity index (χ1n) is 6.76. The molecule has 1 aromatic rings. The van der Waals surface area contributed by atoms with Crippen LogP contribution in [-0.2, 0) is 19.5 Å². The van der Waals surface area contributed by atoms with Gasteiger partial charge >= 0.3 is 0 Å². The van der Waals surface area contributed by atoms with E-state index in [0.29, 0.717) is 13.1 Å². The van der Waals surface area contributed by atoms with Crippen molar-refractivity contribution in [2.75, 3.05) is 6.54 Å². The SMILES string of the molecule is CCCC(O)CNCc1c(Cl)c(CC)nn1CC. The van der Waals surface area contributed by atoms with E-state index in [0.717, 1.165) is 42.2 Å². The van der Waals surface area contributed by atoms with Crippen LogP contribution in [0.3, 0.4) is 0 Å². The topological polar surface area (TPSA) is 50.1 Å². The Bertz CT molecular complexity index is 365. The van der Waals surface area contributed by atoms with E-state index in [2.05, 4.69) is 31.2 Å². The molecule has 1 aromatic heterocycles. The quantitative estimate of drug-likeness (QED) is 0.765. The molecule has 0 spiro atoms. The first-order chi connectivity index (χ1) is 8.63. The monoisotopic (exact) mass is 273 g/mol. The number of aromatic nitrogens is 2. The fourth-order valence-corrected chi connectivity index (χ4v) is 2.31. The van der Waals surface area contributed by atoms with Gasteiger partial charge in [-0.3, -0.25) is 4.68 Å². The summed E-state index contributed by atoms with van der Waals surface area (Å²) in [6.07, 6.45) is 2.39. The van der Waals surface area contributed by atoms with Crippen molar-refractivity contribution in [2.24, 2.45) is 0 Å². The van der Waals surface area contributed by atoms with Gasteiger partial charge in [0.25, 0.3) is 0 Å². The minimum atomic E-state index is -0.280. The van der Waals surface area contributed by atoms with Crippen LogP contribution < -0.4 is 5.32 Å². The third kappa shape index (κ3) is 3.97. The summed E-state index contributed by atoms with van der Waals surface area (Å²) in [6.45, 7) is 8.24. The van der Waals surface area contributed by atoms with Gasteiger partial charge in [-0.1, -0.05) is 31.9 Å². The van der Waals surface area contributed by atoms with Crippen LogP contribution in [0.15, 0.2) is 0 Å². The van der Waals surface area contributed by atoms with Gasteiger partial charge in [0.2, 0.25) is 0 Å². The molecule has 0 aliphatic rings. The van der Waals surface area contributed by atoms with Gasteiger partial charge in [0.1, 0.15) is 0 Å². The Hall–Kier alpha value is -0.580. The van der Waals surface area contributed by atoms with Crippen LogP contribution in [0.5, 0.6) is 0 Å². The first-order valence-corrected chi connectivity index (χ1v) is 7.14. The van der Waals surface area contributed by atoms with E-state index >= 15 is 0 Å². The third-order valence-electron chi connectivity index (χ3n) is 2.99. The van der Waals surface area contributed by atoms with Crippen LogP contribution in [0.1, 0.15) is 45.0 Å². The van der Waals surface area contributed by atoms with Crippen LogP contribution in [-0.4, -0.2) is 27.5 Å². The van der Waals surface area contributed by atoms with Gasteiger partial charge in [0.05, 0.1) is 22.5 Å². The lowest BCUT2D eigenvalue weighted by molar-refractivity contribution is 0.160. The van der Waals surface area contributed by atoms with Crippen LogP contribution in [0.2, 0.25) is 5.02 Å². The van der Waals surface area contributed by atoms with E-state index in [1.54, 1.807) is 0 Å². The summed E-state index contributed by atoms with van der Waals surface area (Å²) >= 11 is 6.30. The Morgan fingerprint density at radius 3 is 2.67 bits per heavy atom. The smallest absolute Gasteiger partial charge is 0.0863 e. The predicted molar refractivity (Wildman–Crippen MR) is 74.9 cm³/mol. The van der Waals surface area contributed by atoms with E-state index in [-0.39, 0.29) is 6.10 Å². The number of aliphatic hydroxyl groups excluding tert-OH is 1. The number of nitrogens with zero attached hydrogens (tertiary/aromatic N) is 2. The van der Waals surface area contributed by atoms with Crippen molar-refractivity contribution in [1.82, 2.24) is 15.1 Å². The zero-order valence-corrected chi connectivity index (χ0v) is 12.3. The number of aryl methyl sites for hydroxylation is 2. The number of nitrogens with one attached hydrogen (secondary N) is 1. The molecule has 5 heteroatoms. The largest absolute Gasteiger partial charge is 0.392 e. The van der Waals surface area contributed by atoms with E-state index in [1.165, 1.54) is 0 Å². The summed E-state index contributed by atoms with van der Waals surface area (Å²) in [4.78, 5) is 0. The minimum Gasteiger partial charge on any atom is -0.392 e. The highest BCUT2D eigenvalue weighted by Gasteiger charge is 2.14. The number of hydrogen-bond donors (Lipinski definition) is 2. The summed E-state index contributed by atoms with van der Waals surface area (Å²) in [5, 5.41) is 18.1. The summed E-state index contributed by atoms with van der Waals surface area (Å²) in [5.74, 6) is 0. The maximum Gasteiger partial charge on any atom is 0.0863 e. The molecule has 1 heterocycles. The number of rotatable bonds is 8. The fraction of sp³-hybridized carbons (Fsp3) is 0.769. The Morgan fingerprint density at radius 1 is 1.39 bits per heavy atom. The Morgan fingerprint density at radius 2 is 2.11 bits per heavy atom. The standard InChI is InChI=1S/C13H24ClN3O/c1-4-7-10(18)8-15-9-12-13(14)11(5-2)16-17(12)6-3/h10,15,18H,4-9H2,1-3H3. The van der Waals surface area contributed by atoms with Gasteiger partial charge in [-0.2, -0.15) is 5.10 Å². The lowest BCUT2D eigenvalue weighted by Gasteiger charge is -2.11. The van der Waals surface area contributed by atoms with Crippen molar-refractivity contribution in [3.63, 3.8) is 0 Å². The number of hydrogen-bond acceptors (Lipinski definition) is 3. The van der Waals surface area contributed by atoms with Crippen molar-refractivity contribution in [2.45, 2.75) is 59.2 Å². The molecule has 0 bridgehead atoms. The number of aliphatic hydroxyl groups is 1. The van der Waals surface area contributed by atoms with Crippen molar-refractivity contribution < 1.29 is 5.11 Å². The molecule has 18 heavy (non-hydrogen) atoms. The van der Waals surface area contributed by atoms with E-state index < -0.39 is 0 Å². The van der Waals surface area contributed by atoms with E-state index in [1.807, 2.05) is 4.68 Å². The molecule has 0 radical (unpaired) electrons. The Labute approximate surface area is 114 Å². The molecule has 104 valence electrons.